The molecule has 0 aliphatic heterocycles. The van der Waals surface area contributed by atoms with Crippen LogP contribution in [0, 0.1) is 5.92 Å². The number of hydrogen-bond acceptors (Lipinski definition) is 5. The minimum atomic E-state index is -0.729. The number of benzene rings is 1. The molecule has 3 heterocycles. The first kappa shape index (κ1) is 23.5. The molecule has 0 amide bonds. The van der Waals surface area contributed by atoms with Crippen LogP contribution < -0.4 is 5.73 Å². The lowest BCUT2D eigenvalue weighted by atomic mass is 9.78. The summed E-state index contributed by atoms with van der Waals surface area (Å²) in [4.78, 5) is 21.0. The van der Waals surface area contributed by atoms with Gasteiger partial charge in [0.25, 0.3) is 0 Å². The van der Waals surface area contributed by atoms with Gasteiger partial charge in [0.05, 0.1) is 17.4 Å². The van der Waals surface area contributed by atoms with Crippen molar-refractivity contribution in [1.82, 2.24) is 19.6 Å². The van der Waals surface area contributed by atoms with Crippen LogP contribution in [0.15, 0.2) is 73.6 Å². The molecule has 1 saturated carbocycles. The Morgan fingerprint density at radius 1 is 1.14 bits per heavy atom. The maximum absolute atomic E-state index is 11.2. The molecule has 0 unspecified atom stereocenters. The number of allylic oxidation sites excluding steroid dienone is 4. The highest BCUT2D eigenvalue weighted by molar-refractivity contribution is 5.87. The van der Waals surface area contributed by atoms with E-state index in [1.54, 1.807) is 16.8 Å². The Labute approximate surface area is 209 Å². The third-order valence-corrected chi connectivity index (χ3v) is 6.97. The summed E-state index contributed by atoms with van der Waals surface area (Å²) in [6.07, 6.45) is 16.7. The number of aromatic nitrogens is 4. The minimum Gasteiger partial charge on any atom is -0.481 e. The van der Waals surface area contributed by atoms with Gasteiger partial charge in [0.1, 0.15) is 5.82 Å². The predicted octanol–water partition coefficient (Wildman–Crippen LogP) is 6.03. The summed E-state index contributed by atoms with van der Waals surface area (Å²) in [5.74, 6) is 0.213. The molecule has 0 spiro atoms. The normalized spacial score (nSPS) is 18.4. The minimum absolute atomic E-state index is 0.197. The smallest absolute Gasteiger partial charge is 0.303 e. The average molecular weight is 480 g/mol. The Hall–Kier alpha value is -4.26. The molecule has 0 atom stereocenters. The number of carboxylic acid groups (broad SMARTS) is 1. The quantitative estimate of drug-likeness (QED) is 0.313. The second-order valence-corrected chi connectivity index (χ2v) is 9.30. The number of anilines is 1. The van der Waals surface area contributed by atoms with Crippen molar-refractivity contribution in [2.75, 3.05) is 5.73 Å². The van der Waals surface area contributed by atoms with E-state index in [1.165, 1.54) is 0 Å². The molecule has 3 N–H and O–H groups in total. The van der Waals surface area contributed by atoms with Crippen LogP contribution in [0.2, 0.25) is 0 Å². The Morgan fingerprint density at radius 2 is 1.94 bits per heavy atom. The molecular formula is C29H29N5O2. The SMILES string of the molecule is C=C/C=C\C=C\c1c(C2CCC(CC(=O)O)CC2)nc2c(-c3cnc4ccccc4c3)cnn2c1N. The summed E-state index contributed by atoms with van der Waals surface area (Å²) < 4.78 is 1.70. The highest BCUT2D eigenvalue weighted by Gasteiger charge is 2.28. The van der Waals surface area contributed by atoms with Crippen LogP contribution in [0.3, 0.4) is 0 Å². The fourth-order valence-electron chi connectivity index (χ4n) is 5.13. The molecule has 0 saturated heterocycles. The molecule has 1 aromatic carbocycles. The summed E-state index contributed by atoms with van der Waals surface area (Å²) in [6, 6.07) is 10.1. The van der Waals surface area contributed by atoms with Crippen LogP contribution in [0.25, 0.3) is 33.8 Å². The van der Waals surface area contributed by atoms with E-state index in [0.29, 0.717) is 11.5 Å². The van der Waals surface area contributed by atoms with Crippen molar-refractivity contribution in [1.29, 1.82) is 0 Å². The molecule has 0 radical (unpaired) electrons. The van der Waals surface area contributed by atoms with Crippen LogP contribution in [0.5, 0.6) is 0 Å². The highest BCUT2D eigenvalue weighted by Crippen LogP contribution is 2.40. The number of fused-ring (bicyclic) bond motifs is 2. The number of nitrogen functional groups attached to an aromatic ring is 1. The van der Waals surface area contributed by atoms with Crippen LogP contribution >= 0.6 is 0 Å². The molecule has 4 aromatic rings. The fourth-order valence-corrected chi connectivity index (χ4v) is 5.13. The van der Waals surface area contributed by atoms with Gasteiger partial charge in [0.15, 0.2) is 5.65 Å². The maximum Gasteiger partial charge on any atom is 0.303 e. The number of para-hydroxylation sites is 1. The monoisotopic (exact) mass is 479 g/mol. The van der Waals surface area contributed by atoms with Crippen LogP contribution in [-0.2, 0) is 4.79 Å². The van der Waals surface area contributed by atoms with E-state index in [4.69, 9.17) is 10.7 Å². The van der Waals surface area contributed by atoms with E-state index in [9.17, 15) is 9.90 Å². The first-order valence-corrected chi connectivity index (χ1v) is 12.2. The van der Waals surface area contributed by atoms with Crippen molar-refractivity contribution in [3.05, 3.63) is 84.9 Å². The maximum atomic E-state index is 11.2. The first-order valence-electron chi connectivity index (χ1n) is 12.2. The zero-order valence-corrected chi connectivity index (χ0v) is 20.0. The third-order valence-electron chi connectivity index (χ3n) is 6.97. The first-order chi connectivity index (χ1) is 17.5. The van der Waals surface area contributed by atoms with Crippen LogP contribution in [0.1, 0.15) is 49.3 Å². The Morgan fingerprint density at radius 3 is 2.72 bits per heavy atom. The van der Waals surface area contributed by atoms with Crippen molar-refractivity contribution in [2.24, 2.45) is 5.92 Å². The number of nitrogens with zero attached hydrogens (tertiary/aromatic N) is 4. The number of pyridine rings is 1. The van der Waals surface area contributed by atoms with Crippen molar-refractivity contribution in [3.8, 4) is 11.1 Å². The molecule has 182 valence electrons. The Kier molecular flexibility index (Phi) is 6.62. The topological polar surface area (TPSA) is 106 Å². The second kappa shape index (κ2) is 10.2. The van der Waals surface area contributed by atoms with Gasteiger partial charge in [0.2, 0.25) is 0 Å². The number of carboxylic acids is 1. The van der Waals surface area contributed by atoms with Crippen LogP contribution in [-0.4, -0.2) is 30.7 Å². The summed E-state index contributed by atoms with van der Waals surface area (Å²) in [5, 5.41) is 14.8. The third kappa shape index (κ3) is 4.64. The Bertz CT molecular complexity index is 1490. The summed E-state index contributed by atoms with van der Waals surface area (Å²) in [7, 11) is 0. The van der Waals surface area contributed by atoms with Gasteiger partial charge in [0, 0.05) is 40.6 Å². The molecular weight excluding hydrogens is 450 g/mol. The molecule has 3 aromatic heterocycles. The van der Waals surface area contributed by atoms with Gasteiger partial charge in [-0.3, -0.25) is 9.78 Å². The zero-order valence-electron chi connectivity index (χ0n) is 20.0. The standard InChI is InChI=1S/C29H29N5O2/c1-2-3-4-5-9-23-27(20-13-11-19(12-14-20)15-26(35)36)33-29-24(18-32-34(29)28(23)30)22-16-21-8-6-7-10-25(21)31-17-22/h2-10,16-20H,1,11-15,30H2,(H,35,36)/b4-3-,9-5+. The molecule has 7 heteroatoms. The van der Waals surface area contributed by atoms with E-state index >= 15 is 0 Å². The van der Waals surface area contributed by atoms with E-state index in [2.05, 4.69) is 22.7 Å². The summed E-state index contributed by atoms with van der Waals surface area (Å²) >= 11 is 0. The molecule has 5 rings (SSSR count). The van der Waals surface area contributed by atoms with Crippen molar-refractivity contribution in [3.63, 3.8) is 0 Å². The molecule has 1 aliphatic rings. The molecule has 36 heavy (non-hydrogen) atoms. The Balaban J connectivity index is 1.59. The number of carbonyl (C=O) groups is 1. The average Bonchev–Trinajstić information content (AvgIpc) is 3.32. The molecule has 0 bridgehead atoms. The summed E-state index contributed by atoms with van der Waals surface area (Å²) in [5.41, 5.74) is 11.9. The van der Waals surface area contributed by atoms with E-state index in [1.807, 2.05) is 54.8 Å². The highest BCUT2D eigenvalue weighted by atomic mass is 16.4. The van der Waals surface area contributed by atoms with Gasteiger partial charge >= 0.3 is 5.97 Å². The lowest BCUT2D eigenvalue weighted by molar-refractivity contribution is -0.138. The van der Waals surface area contributed by atoms with E-state index in [0.717, 1.165) is 59.0 Å². The lowest BCUT2D eigenvalue weighted by Gasteiger charge is -2.28. The van der Waals surface area contributed by atoms with Crippen molar-refractivity contribution in [2.45, 2.75) is 38.0 Å². The van der Waals surface area contributed by atoms with E-state index in [-0.39, 0.29) is 18.3 Å². The van der Waals surface area contributed by atoms with Gasteiger partial charge in [-0.2, -0.15) is 9.61 Å². The van der Waals surface area contributed by atoms with Crippen molar-refractivity contribution >= 4 is 34.4 Å². The van der Waals surface area contributed by atoms with Crippen molar-refractivity contribution < 1.29 is 9.90 Å². The lowest BCUT2D eigenvalue weighted by Crippen LogP contribution is -2.19. The number of rotatable bonds is 7. The molecule has 7 nitrogen and oxygen atoms in total. The largest absolute Gasteiger partial charge is 0.481 e. The number of nitrogens with two attached hydrogens (primary N) is 1. The van der Waals surface area contributed by atoms with E-state index < -0.39 is 5.97 Å². The molecule has 1 aliphatic carbocycles. The fraction of sp³-hybridized carbons (Fsp3) is 0.241. The van der Waals surface area contributed by atoms with Gasteiger partial charge in [-0.25, -0.2) is 4.98 Å². The number of hydrogen-bond donors (Lipinski definition) is 2. The van der Waals surface area contributed by atoms with Gasteiger partial charge in [-0.1, -0.05) is 49.1 Å². The van der Waals surface area contributed by atoms with Crippen LogP contribution in [0.4, 0.5) is 5.82 Å². The zero-order chi connectivity index (χ0) is 25.1. The molecule has 1 fully saturated rings. The number of aliphatic carboxylic acids is 1. The summed E-state index contributed by atoms with van der Waals surface area (Å²) in [6.45, 7) is 3.71. The predicted molar refractivity (Wildman–Crippen MR) is 143 cm³/mol. The van der Waals surface area contributed by atoms with Gasteiger partial charge < -0.3 is 10.8 Å². The second-order valence-electron chi connectivity index (χ2n) is 9.30. The van der Waals surface area contributed by atoms with Gasteiger partial charge in [-0.15, -0.1) is 0 Å². The van der Waals surface area contributed by atoms with Gasteiger partial charge in [-0.05, 0) is 49.8 Å².